The number of rotatable bonds is 8. The topological polar surface area (TPSA) is 62.5 Å². The van der Waals surface area contributed by atoms with Crippen molar-refractivity contribution in [1.29, 1.82) is 0 Å². The van der Waals surface area contributed by atoms with Gasteiger partial charge in [-0.3, -0.25) is 4.79 Å². The van der Waals surface area contributed by atoms with Gasteiger partial charge in [0.25, 0.3) is 0 Å². The smallest absolute Gasteiger partial charge is 0.352 e. The van der Waals surface area contributed by atoms with Crippen LogP contribution in [0.4, 0.5) is 0 Å². The Morgan fingerprint density at radius 1 is 1.32 bits per heavy atom. The molecule has 106 valence electrons. The van der Waals surface area contributed by atoms with Crippen molar-refractivity contribution in [1.82, 2.24) is 9.47 Å². The maximum atomic E-state index is 11.3. The van der Waals surface area contributed by atoms with Gasteiger partial charge >= 0.3 is 5.97 Å². The highest BCUT2D eigenvalue weighted by Gasteiger charge is 2.15. The predicted molar refractivity (Wildman–Crippen MR) is 73.8 cm³/mol. The first-order valence-corrected chi connectivity index (χ1v) is 6.66. The number of Topliss-reactive ketones (excluding diaryl/α,β-unsaturated/α-hetero) is 1. The summed E-state index contributed by atoms with van der Waals surface area (Å²) in [5.74, 6) is -1.10. The van der Waals surface area contributed by atoms with Crippen molar-refractivity contribution in [3.63, 3.8) is 0 Å². The summed E-state index contributed by atoms with van der Waals surface area (Å²) < 4.78 is 1.65. The molecule has 0 bridgehead atoms. The van der Waals surface area contributed by atoms with E-state index < -0.39 is 5.97 Å². The summed E-state index contributed by atoms with van der Waals surface area (Å²) in [4.78, 5) is 24.7. The molecule has 0 atom stereocenters. The second-order valence-electron chi connectivity index (χ2n) is 4.60. The summed E-state index contributed by atoms with van der Waals surface area (Å²) >= 11 is 0. The van der Waals surface area contributed by atoms with Crippen molar-refractivity contribution < 1.29 is 14.7 Å². The Morgan fingerprint density at radius 2 is 2.00 bits per heavy atom. The molecule has 0 fully saturated rings. The third kappa shape index (κ3) is 4.21. The van der Waals surface area contributed by atoms with Gasteiger partial charge in [0.05, 0.1) is 0 Å². The van der Waals surface area contributed by atoms with E-state index in [0.717, 1.165) is 26.1 Å². The van der Waals surface area contributed by atoms with Crippen LogP contribution in [-0.2, 0) is 6.54 Å². The predicted octanol–water partition coefficient (Wildman–Crippen LogP) is 2.12. The van der Waals surface area contributed by atoms with Crippen LogP contribution in [0.5, 0.6) is 0 Å². The van der Waals surface area contributed by atoms with Gasteiger partial charge in [0, 0.05) is 24.8 Å². The number of carbonyl (C=O) groups excluding carboxylic acids is 1. The Morgan fingerprint density at radius 3 is 2.47 bits per heavy atom. The number of carboxylic acid groups (broad SMARTS) is 1. The average molecular weight is 266 g/mol. The number of likely N-dealkylation sites (N-methyl/N-ethyl adjacent to an activating group) is 1. The van der Waals surface area contributed by atoms with Gasteiger partial charge in [0.2, 0.25) is 0 Å². The van der Waals surface area contributed by atoms with Gasteiger partial charge in [-0.25, -0.2) is 4.79 Å². The Balaban J connectivity index is 2.81. The molecule has 5 heteroatoms. The number of carbonyl (C=O) groups is 2. The lowest BCUT2D eigenvalue weighted by Gasteiger charge is -2.20. The minimum atomic E-state index is -0.994. The lowest BCUT2D eigenvalue weighted by Crippen LogP contribution is -2.28. The SMILES string of the molecule is CCCN(CC)CCn1cc(C(C)=O)cc1C(=O)O. The standard InChI is InChI=1S/C14H22N2O3/c1-4-6-15(5-2)7-8-16-10-12(11(3)17)9-13(16)14(18)19/h9-10H,4-8H2,1-3H3,(H,18,19). The van der Waals surface area contributed by atoms with Gasteiger partial charge in [0.1, 0.15) is 5.69 Å². The molecule has 5 nitrogen and oxygen atoms in total. The van der Waals surface area contributed by atoms with Crippen LogP contribution in [0.25, 0.3) is 0 Å². The van der Waals surface area contributed by atoms with E-state index in [0.29, 0.717) is 12.1 Å². The van der Waals surface area contributed by atoms with Gasteiger partial charge in [-0.15, -0.1) is 0 Å². The van der Waals surface area contributed by atoms with Crippen molar-refractivity contribution in [2.75, 3.05) is 19.6 Å². The molecule has 0 saturated heterocycles. The molecule has 0 aliphatic rings. The number of aromatic nitrogens is 1. The van der Waals surface area contributed by atoms with E-state index in [1.807, 2.05) is 0 Å². The van der Waals surface area contributed by atoms with E-state index in [1.165, 1.54) is 13.0 Å². The molecule has 0 spiro atoms. The molecule has 1 rings (SSSR count). The van der Waals surface area contributed by atoms with Crippen LogP contribution in [0.15, 0.2) is 12.3 Å². The molecule has 1 aromatic heterocycles. The summed E-state index contributed by atoms with van der Waals surface area (Å²) in [7, 11) is 0. The maximum absolute atomic E-state index is 11.3. The third-order valence-electron chi connectivity index (χ3n) is 3.17. The zero-order valence-corrected chi connectivity index (χ0v) is 11.8. The summed E-state index contributed by atoms with van der Waals surface area (Å²) in [6.07, 6.45) is 2.70. The Labute approximate surface area is 113 Å². The third-order valence-corrected chi connectivity index (χ3v) is 3.17. The molecule has 19 heavy (non-hydrogen) atoms. The number of hydrogen-bond acceptors (Lipinski definition) is 3. The molecule has 1 N–H and O–H groups in total. The van der Waals surface area contributed by atoms with Crippen molar-refractivity contribution >= 4 is 11.8 Å². The fourth-order valence-electron chi connectivity index (χ4n) is 2.06. The molecule has 0 aliphatic carbocycles. The average Bonchev–Trinajstić information content (AvgIpc) is 2.79. The van der Waals surface area contributed by atoms with Gasteiger partial charge in [-0.05, 0) is 32.5 Å². The second-order valence-corrected chi connectivity index (χ2v) is 4.60. The zero-order chi connectivity index (χ0) is 14.4. The van der Waals surface area contributed by atoms with E-state index in [2.05, 4.69) is 18.7 Å². The summed E-state index contributed by atoms with van der Waals surface area (Å²) in [5, 5.41) is 9.14. The number of hydrogen-bond donors (Lipinski definition) is 1. The number of carboxylic acids is 1. The molecule has 0 aliphatic heterocycles. The van der Waals surface area contributed by atoms with Crippen molar-refractivity contribution in [2.45, 2.75) is 33.7 Å². The lowest BCUT2D eigenvalue weighted by molar-refractivity contribution is 0.0684. The highest BCUT2D eigenvalue weighted by molar-refractivity contribution is 5.97. The molecule has 0 radical (unpaired) electrons. The monoisotopic (exact) mass is 266 g/mol. The van der Waals surface area contributed by atoms with E-state index in [1.54, 1.807) is 10.8 Å². The van der Waals surface area contributed by atoms with E-state index >= 15 is 0 Å². The molecule has 1 aromatic rings. The van der Waals surface area contributed by atoms with E-state index in [4.69, 9.17) is 5.11 Å². The second kappa shape index (κ2) is 7.09. The fraction of sp³-hybridized carbons (Fsp3) is 0.571. The van der Waals surface area contributed by atoms with E-state index in [-0.39, 0.29) is 11.5 Å². The normalized spacial score (nSPS) is 10.9. The summed E-state index contributed by atoms with van der Waals surface area (Å²) in [5.41, 5.74) is 0.633. The van der Waals surface area contributed by atoms with Crippen LogP contribution in [-0.4, -0.2) is 46.0 Å². The van der Waals surface area contributed by atoms with Crippen molar-refractivity contribution in [3.05, 3.63) is 23.5 Å². The molecule has 0 unspecified atom stereocenters. The van der Waals surface area contributed by atoms with Crippen LogP contribution in [0.1, 0.15) is 48.0 Å². The summed E-state index contributed by atoms with van der Waals surface area (Å²) in [6, 6.07) is 1.45. The van der Waals surface area contributed by atoms with Crippen molar-refractivity contribution in [2.24, 2.45) is 0 Å². The molecular weight excluding hydrogens is 244 g/mol. The quantitative estimate of drug-likeness (QED) is 0.732. The first-order chi connectivity index (χ1) is 8.99. The molecule has 1 heterocycles. The fourth-order valence-corrected chi connectivity index (χ4v) is 2.06. The molecule has 0 aromatic carbocycles. The minimum absolute atomic E-state index is 0.109. The first kappa shape index (κ1) is 15.4. The van der Waals surface area contributed by atoms with Crippen LogP contribution in [0.2, 0.25) is 0 Å². The van der Waals surface area contributed by atoms with Gasteiger partial charge < -0.3 is 14.6 Å². The molecular formula is C14H22N2O3. The number of ketones is 1. The zero-order valence-electron chi connectivity index (χ0n) is 11.8. The highest BCUT2D eigenvalue weighted by atomic mass is 16.4. The molecule has 0 saturated carbocycles. The highest BCUT2D eigenvalue weighted by Crippen LogP contribution is 2.10. The number of aromatic carboxylic acids is 1. The largest absolute Gasteiger partial charge is 0.477 e. The Bertz CT molecular complexity index is 452. The van der Waals surface area contributed by atoms with Gasteiger partial charge in [-0.1, -0.05) is 13.8 Å². The van der Waals surface area contributed by atoms with Gasteiger partial charge in [0.15, 0.2) is 5.78 Å². The minimum Gasteiger partial charge on any atom is -0.477 e. The first-order valence-electron chi connectivity index (χ1n) is 6.66. The van der Waals surface area contributed by atoms with Crippen LogP contribution >= 0.6 is 0 Å². The Hall–Kier alpha value is -1.62. The number of nitrogens with zero attached hydrogens (tertiary/aromatic N) is 2. The van der Waals surface area contributed by atoms with Crippen molar-refractivity contribution in [3.8, 4) is 0 Å². The molecule has 0 amide bonds. The summed E-state index contributed by atoms with van der Waals surface area (Å²) in [6.45, 7) is 8.97. The van der Waals surface area contributed by atoms with Crippen LogP contribution < -0.4 is 0 Å². The maximum Gasteiger partial charge on any atom is 0.352 e. The van der Waals surface area contributed by atoms with Crippen LogP contribution in [0.3, 0.4) is 0 Å². The lowest BCUT2D eigenvalue weighted by atomic mass is 10.2. The Kier molecular flexibility index (Phi) is 5.76. The van der Waals surface area contributed by atoms with E-state index in [9.17, 15) is 9.59 Å². The van der Waals surface area contributed by atoms with Gasteiger partial charge in [-0.2, -0.15) is 0 Å². The van der Waals surface area contributed by atoms with Crippen LogP contribution in [0, 0.1) is 0 Å².